The number of aromatic nitrogens is 3. The van der Waals surface area contributed by atoms with E-state index < -0.39 is 0 Å². The first kappa shape index (κ1) is 13.1. The zero-order valence-corrected chi connectivity index (χ0v) is 11.3. The Hall–Kier alpha value is -2.95. The number of carbonyl (C=O) groups is 1. The first-order chi connectivity index (χ1) is 10.3. The lowest BCUT2D eigenvalue weighted by atomic mass is 10.2. The summed E-state index contributed by atoms with van der Waals surface area (Å²) in [6.07, 6.45) is 6.60. The third-order valence-corrected chi connectivity index (χ3v) is 2.98. The van der Waals surface area contributed by atoms with Crippen LogP contribution in [-0.4, -0.2) is 20.9 Å². The summed E-state index contributed by atoms with van der Waals surface area (Å²) in [6, 6.07) is 11.5. The van der Waals surface area contributed by atoms with Crippen molar-refractivity contribution < 1.29 is 4.79 Å². The average Bonchev–Trinajstić information content (AvgIpc) is 2.95. The number of amides is 1. The number of carbonyl (C=O) groups excluding carboxylic acids is 1. The van der Waals surface area contributed by atoms with Gasteiger partial charge in [0.1, 0.15) is 5.82 Å². The number of pyridine rings is 1. The Morgan fingerprint density at radius 3 is 2.95 bits per heavy atom. The molecule has 0 radical (unpaired) electrons. The zero-order chi connectivity index (χ0) is 14.5. The molecule has 0 aliphatic rings. The standard InChI is InChI=1S/C16H14N4O/c21-16(8-7-12-4-3-9-17-10-12)18-11-15-19-13-5-1-2-6-14(13)20-15/h1-10H,11H2,(H,18,21)(H,19,20)/b8-7+. The van der Waals surface area contributed by atoms with E-state index in [0.717, 1.165) is 22.4 Å². The highest BCUT2D eigenvalue weighted by atomic mass is 16.1. The smallest absolute Gasteiger partial charge is 0.244 e. The van der Waals surface area contributed by atoms with Gasteiger partial charge in [0.2, 0.25) is 5.91 Å². The predicted octanol–water partition coefficient (Wildman–Crippen LogP) is 2.29. The first-order valence-corrected chi connectivity index (χ1v) is 6.61. The second-order valence-corrected chi connectivity index (χ2v) is 4.54. The Morgan fingerprint density at radius 2 is 2.14 bits per heavy atom. The molecule has 3 rings (SSSR count). The Morgan fingerprint density at radius 1 is 1.24 bits per heavy atom. The molecule has 0 spiro atoms. The lowest BCUT2D eigenvalue weighted by Gasteiger charge is -1.98. The lowest BCUT2D eigenvalue weighted by Crippen LogP contribution is -2.20. The number of H-pyrrole nitrogens is 1. The molecule has 0 bridgehead atoms. The van der Waals surface area contributed by atoms with Gasteiger partial charge >= 0.3 is 0 Å². The molecule has 5 heteroatoms. The van der Waals surface area contributed by atoms with E-state index >= 15 is 0 Å². The third-order valence-electron chi connectivity index (χ3n) is 2.98. The van der Waals surface area contributed by atoms with Crippen molar-refractivity contribution in [3.63, 3.8) is 0 Å². The van der Waals surface area contributed by atoms with Crippen molar-refractivity contribution in [2.75, 3.05) is 0 Å². The summed E-state index contributed by atoms with van der Waals surface area (Å²) in [7, 11) is 0. The largest absolute Gasteiger partial charge is 0.345 e. The number of benzene rings is 1. The molecule has 1 amide bonds. The van der Waals surface area contributed by atoms with Gasteiger partial charge in [-0.1, -0.05) is 18.2 Å². The Kier molecular flexibility index (Phi) is 3.73. The van der Waals surface area contributed by atoms with Crippen LogP contribution in [0.15, 0.2) is 54.9 Å². The maximum absolute atomic E-state index is 11.7. The summed E-state index contributed by atoms with van der Waals surface area (Å²) in [6.45, 7) is 0.366. The number of nitrogens with one attached hydrogen (secondary N) is 2. The Bertz CT molecular complexity index is 744. The number of hydrogen-bond donors (Lipinski definition) is 2. The quantitative estimate of drug-likeness (QED) is 0.719. The number of hydrogen-bond acceptors (Lipinski definition) is 3. The van der Waals surface area contributed by atoms with E-state index in [0.29, 0.717) is 6.54 Å². The van der Waals surface area contributed by atoms with E-state index in [1.165, 1.54) is 6.08 Å². The minimum atomic E-state index is -0.167. The molecule has 21 heavy (non-hydrogen) atoms. The molecular formula is C16H14N4O. The van der Waals surface area contributed by atoms with Gasteiger partial charge in [0.25, 0.3) is 0 Å². The summed E-state index contributed by atoms with van der Waals surface area (Å²) >= 11 is 0. The SMILES string of the molecule is O=C(/C=C/c1cccnc1)NCc1nc2ccccc2[nH]1. The molecule has 2 aromatic heterocycles. The van der Waals surface area contributed by atoms with Gasteiger partial charge < -0.3 is 10.3 Å². The van der Waals surface area contributed by atoms with Crippen molar-refractivity contribution in [2.24, 2.45) is 0 Å². The van der Waals surface area contributed by atoms with Gasteiger partial charge in [0.15, 0.2) is 0 Å². The van der Waals surface area contributed by atoms with Crippen LogP contribution >= 0.6 is 0 Å². The average molecular weight is 278 g/mol. The molecule has 0 fully saturated rings. The topological polar surface area (TPSA) is 70.7 Å². The van der Waals surface area contributed by atoms with Gasteiger partial charge in [-0.25, -0.2) is 4.98 Å². The van der Waals surface area contributed by atoms with Crippen LogP contribution in [0.5, 0.6) is 0 Å². The van der Waals surface area contributed by atoms with E-state index in [4.69, 9.17) is 0 Å². The van der Waals surface area contributed by atoms with Crippen molar-refractivity contribution >= 4 is 23.0 Å². The number of para-hydroxylation sites is 2. The fourth-order valence-electron chi connectivity index (χ4n) is 1.97. The molecule has 0 saturated heterocycles. The normalized spacial score (nSPS) is 11.0. The first-order valence-electron chi connectivity index (χ1n) is 6.61. The third kappa shape index (κ3) is 3.33. The fraction of sp³-hybridized carbons (Fsp3) is 0.0625. The number of aromatic amines is 1. The zero-order valence-electron chi connectivity index (χ0n) is 11.3. The van der Waals surface area contributed by atoms with Crippen LogP contribution in [0.25, 0.3) is 17.1 Å². The van der Waals surface area contributed by atoms with Gasteiger partial charge in [-0.15, -0.1) is 0 Å². The molecule has 0 aliphatic heterocycles. The molecule has 0 saturated carbocycles. The highest BCUT2D eigenvalue weighted by molar-refractivity contribution is 5.91. The number of rotatable bonds is 4. The molecular weight excluding hydrogens is 264 g/mol. The van der Waals surface area contributed by atoms with Gasteiger partial charge in [-0.2, -0.15) is 0 Å². The van der Waals surface area contributed by atoms with Crippen LogP contribution in [0, 0.1) is 0 Å². The van der Waals surface area contributed by atoms with Crippen LogP contribution in [0.4, 0.5) is 0 Å². The number of fused-ring (bicyclic) bond motifs is 1. The van der Waals surface area contributed by atoms with Crippen molar-refractivity contribution in [1.82, 2.24) is 20.3 Å². The predicted molar refractivity (Wildman–Crippen MR) is 81.2 cm³/mol. The van der Waals surface area contributed by atoms with Gasteiger partial charge in [-0.05, 0) is 29.8 Å². The molecule has 3 aromatic rings. The second kappa shape index (κ2) is 6.00. The summed E-state index contributed by atoms with van der Waals surface area (Å²) in [5, 5.41) is 2.79. The minimum absolute atomic E-state index is 0.167. The van der Waals surface area contributed by atoms with Gasteiger partial charge in [-0.3, -0.25) is 9.78 Å². The van der Waals surface area contributed by atoms with Crippen molar-refractivity contribution in [3.8, 4) is 0 Å². The van der Waals surface area contributed by atoms with E-state index in [-0.39, 0.29) is 5.91 Å². The van der Waals surface area contributed by atoms with Crippen LogP contribution in [-0.2, 0) is 11.3 Å². The van der Waals surface area contributed by atoms with Crippen molar-refractivity contribution in [2.45, 2.75) is 6.54 Å². The molecule has 104 valence electrons. The molecule has 0 aliphatic carbocycles. The molecule has 2 N–H and O–H groups in total. The summed E-state index contributed by atoms with van der Waals surface area (Å²) in [4.78, 5) is 23.3. The fourth-order valence-corrected chi connectivity index (χ4v) is 1.97. The molecule has 5 nitrogen and oxygen atoms in total. The molecule has 0 atom stereocenters. The highest BCUT2D eigenvalue weighted by Crippen LogP contribution is 2.09. The van der Waals surface area contributed by atoms with Gasteiger partial charge in [0, 0.05) is 18.5 Å². The Labute approximate surface area is 121 Å². The maximum atomic E-state index is 11.7. The van der Waals surface area contributed by atoms with E-state index in [2.05, 4.69) is 20.3 Å². The maximum Gasteiger partial charge on any atom is 0.244 e. The molecule has 2 heterocycles. The molecule has 0 unspecified atom stereocenters. The van der Waals surface area contributed by atoms with E-state index in [1.54, 1.807) is 18.5 Å². The van der Waals surface area contributed by atoms with Crippen LogP contribution in [0.1, 0.15) is 11.4 Å². The van der Waals surface area contributed by atoms with Crippen molar-refractivity contribution in [1.29, 1.82) is 0 Å². The van der Waals surface area contributed by atoms with Gasteiger partial charge in [0.05, 0.1) is 17.6 Å². The minimum Gasteiger partial charge on any atom is -0.345 e. The summed E-state index contributed by atoms with van der Waals surface area (Å²) in [5.74, 6) is 0.568. The number of imidazole rings is 1. The van der Waals surface area contributed by atoms with Crippen LogP contribution < -0.4 is 5.32 Å². The number of nitrogens with zero attached hydrogens (tertiary/aromatic N) is 2. The molecule has 1 aromatic carbocycles. The van der Waals surface area contributed by atoms with E-state index in [9.17, 15) is 4.79 Å². The monoisotopic (exact) mass is 278 g/mol. The van der Waals surface area contributed by atoms with Crippen LogP contribution in [0.2, 0.25) is 0 Å². The lowest BCUT2D eigenvalue weighted by molar-refractivity contribution is -0.116. The highest BCUT2D eigenvalue weighted by Gasteiger charge is 2.02. The van der Waals surface area contributed by atoms with E-state index in [1.807, 2.05) is 36.4 Å². The summed E-state index contributed by atoms with van der Waals surface area (Å²) in [5.41, 5.74) is 2.75. The summed E-state index contributed by atoms with van der Waals surface area (Å²) < 4.78 is 0. The second-order valence-electron chi connectivity index (χ2n) is 4.54. The van der Waals surface area contributed by atoms with Crippen LogP contribution in [0.3, 0.4) is 0 Å². The Balaban J connectivity index is 1.59. The van der Waals surface area contributed by atoms with Crippen molar-refractivity contribution in [3.05, 3.63) is 66.3 Å².